The second kappa shape index (κ2) is 7.72. The molecule has 0 spiro atoms. The number of anilines is 1. The highest BCUT2D eigenvalue weighted by atomic mass is 32.1. The number of primary amides is 1. The van der Waals surface area contributed by atoms with Gasteiger partial charge in [0.2, 0.25) is 5.91 Å². The molecule has 2 amide bonds. The summed E-state index contributed by atoms with van der Waals surface area (Å²) < 4.78 is 0. The highest BCUT2D eigenvalue weighted by Gasteiger charge is 2.51. The summed E-state index contributed by atoms with van der Waals surface area (Å²) in [4.78, 5) is 38.0. The summed E-state index contributed by atoms with van der Waals surface area (Å²) in [6, 6.07) is 7.92. The Bertz CT molecular complexity index is 1050. The standard InChI is InChI=1S/C23H24N2O4S/c1-3-12-4-6-13(7-5-12)16-11(2)30-22(19(16)20(24)26)25-21(27)17-14-8-9-15(10-14)18(17)23(28)29/h4-9,14-15,17-18H,3,10H2,1-2H3,(H2,24,26)(H,25,27)(H,28,29)/t14-,15+,17+,18+/m1/s1. The van der Waals surface area contributed by atoms with Gasteiger partial charge in [0.25, 0.3) is 5.91 Å². The lowest BCUT2D eigenvalue weighted by Crippen LogP contribution is -2.36. The second-order valence-electron chi connectivity index (χ2n) is 7.98. The number of nitrogens with one attached hydrogen (secondary N) is 1. The Hall–Kier alpha value is -2.93. The van der Waals surface area contributed by atoms with Crippen molar-refractivity contribution < 1.29 is 19.5 Å². The lowest BCUT2D eigenvalue weighted by Gasteiger charge is -2.23. The molecular formula is C23H24N2O4S. The number of allylic oxidation sites excluding steroid dienone is 2. The van der Waals surface area contributed by atoms with E-state index in [9.17, 15) is 19.5 Å². The first kappa shape index (κ1) is 20.3. The summed E-state index contributed by atoms with van der Waals surface area (Å²) in [5.41, 5.74) is 8.74. The molecule has 0 unspecified atom stereocenters. The number of amides is 2. The van der Waals surface area contributed by atoms with Crippen LogP contribution in [0.4, 0.5) is 5.00 Å². The molecule has 0 aliphatic heterocycles. The smallest absolute Gasteiger partial charge is 0.307 e. The first-order valence-corrected chi connectivity index (χ1v) is 10.9. The SMILES string of the molecule is CCc1ccc(-c2c(C)sc(NC(=O)[C@@H]3[C@@H](C(=O)O)[C@H]4C=C[C@@H]3C4)c2C(N)=O)cc1. The summed E-state index contributed by atoms with van der Waals surface area (Å²) in [5.74, 6) is -3.53. The van der Waals surface area contributed by atoms with Crippen molar-refractivity contribution in [3.63, 3.8) is 0 Å². The number of aryl methyl sites for hydroxylation is 2. The van der Waals surface area contributed by atoms with Gasteiger partial charge in [0.05, 0.1) is 17.4 Å². The summed E-state index contributed by atoms with van der Waals surface area (Å²) >= 11 is 1.29. The van der Waals surface area contributed by atoms with Gasteiger partial charge in [-0.2, -0.15) is 0 Å². The number of fused-ring (bicyclic) bond motifs is 2. The van der Waals surface area contributed by atoms with Gasteiger partial charge < -0.3 is 16.2 Å². The summed E-state index contributed by atoms with van der Waals surface area (Å²) in [5, 5.41) is 12.8. The molecule has 156 valence electrons. The van der Waals surface area contributed by atoms with Crippen molar-refractivity contribution in [2.75, 3.05) is 5.32 Å². The maximum Gasteiger partial charge on any atom is 0.307 e. The van der Waals surface area contributed by atoms with Crippen molar-refractivity contribution >= 4 is 34.1 Å². The minimum atomic E-state index is -0.957. The van der Waals surface area contributed by atoms with E-state index >= 15 is 0 Å². The molecule has 2 bridgehead atoms. The van der Waals surface area contributed by atoms with Gasteiger partial charge in [0.15, 0.2) is 0 Å². The fraction of sp³-hybridized carbons (Fsp3) is 0.348. The molecular weight excluding hydrogens is 400 g/mol. The number of hydrogen-bond donors (Lipinski definition) is 3. The van der Waals surface area contributed by atoms with Crippen molar-refractivity contribution in [2.45, 2.75) is 26.7 Å². The molecule has 2 aromatic rings. The van der Waals surface area contributed by atoms with Gasteiger partial charge in [0, 0.05) is 10.4 Å². The molecule has 1 heterocycles. The van der Waals surface area contributed by atoms with Crippen LogP contribution in [0.3, 0.4) is 0 Å². The Morgan fingerprint density at radius 3 is 2.33 bits per heavy atom. The Labute approximate surface area is 178 Å². The number of thiophene rings is 1. The third-order valence-corrected chi connectivity index (χ3v) is 7.29. The number of aliphatic carboxylic acids is 1. The molecule has 7 heteroatoms. The number of carbonyl (C=O) groups excluding carboxylic acids is 2. The van der Waals surface area contributed by atoms with Gasteiger partial charge in [-0.3, -0.25) is 14.4 Å². The molecule has 6 nitrogen and oxygen atoms in total. The van der Waals surface area contributed by atoms with Gasteiger partial charge in [-0.05, 0) is 42.7 Å². The first-order chi connectivity index (χ1) is 14.3. The summed E-state index contributed by atoms with van der Waals surface area (Å²) in [6.07, 6.45) is 5.42. The van der Waals surface area contributed by atoms with Crippen molar-refractivity contribution in [3.8, 4) is 11.1 Å². The van der Waals surface area contributed by atoms with Crippen LogP contribution in [0.1, 0.15) is 34.1 Å². The van der Waals surface area contributed by atoms with Gasteiger partial charge in [0.1, 0.15) is 5.00 Å². The normalized spacial score (nSPS) is 24.2. The maximum absolute atomic E-state index is 13.1. The van der Waals surface area contributed by atoms with Crippen LogP contribution >= 0.6 is 11.3 Å². The number of carboxylic acids is 1. The maximum atomic E-state index is 13.1. The molecule has 1 fully saturated rings. The molecule has 2 aliphatic rings. The number of carbonyl (C=O) groups is 3. The van der Waals surface area contributed by atoms with Crippen LogP contribution in [0.15, 0.2) is 36.4 Å². The summed E-state index contributed by atoms with van der Waals surface area (Å²) in [7, 11) is 0. The first-order valence-electron chi connectivity index (χ1n) is 10.1. The highest BCUT2D eigenvalue weighted by Crippen LogP contribution is 2.49. The quantitative estimate of drug-likeness (QED) is 0.612. The fourth-order valence-electron chi connectivity index (χ4n) is 4.83. The molecule has 2 aliphatic carbocycles. The fourth-order valence-corrected chi connectivity index (χ4v) is 5.92. The minimum Gasteiger partial charge on any atom is -0.481 e. The molecule has 0 radical (unpaired) electrons. The van der Waals surface area contributed by atoms with Crippen LogP contribution in [0.2, 0.25) is 0 Å². The molecule has 4 rings (SSSR count). The van der Waals surface area contributed by atoms with E-state index in [0.29, 0.717) is 17.0 Å². The van der Waals surface area contributed by atoms with Gasteiger partial charge in [-0.15, -0.1) is 11.3 Å². The van der Waals surface area contributed by atoms with E-state index in [2.05, 4.69) is 12.2 Å². The van der Waals surface area contributed by atoms with E-state index in [1.807, 2.05) is 43.3 Å². The molecule has 4 atom stereocenters. The van der Waals surface area contributed by atoms with E-state index in [0.717, 1.165) is 16.9 Å². The third-order valence-electron chi connectivity index (χ3n) is 6.27. The predicted molar refractivity (Wildman–Crippen MR) is 116 cm³/mol. The van der Waals surface area contributed by atoms with Gasteiger partial charge in [-0.25, -0.2) is 0 Å². The number of nitrogens with two attached hydrogens (primary N) is 1. The lowest BCUT2D eigenvalue weighted by atomic mass is 9.82. The predicted octanol–water partition coefficient (Wildman–Crippen LogP) is 3.85. The molecule has 4 N–H and O–H groups in total. The molecule has 1 aromatic heterocycles. The van der Waals surface area contributed by atoms with Gasteiger partial charge in [-0.1, -0.05) is 43.3 Å². The average molecular weight is 425 g/mol. The van der Waals surface area contributed by atoms with Crippen LogP contribution in [0.5, 0.6) is 0 Å². The second-order valence-corrected chi connectivity index (χ2v) is 9.20. The van der Waals surface area contributed by atoms with Crippen LogP contribution < -0.4 is 11.1 Å². The Morgan fingerprint density at radius 1 is 1.13 bits per heavy atom. The van der Waals surface area contributed by atoms with Crippen molar-refractivity contribution in [1.29, 1.82) is 0 Å². The Kier molecular flexibility index (Phi) is 5.24. The van der Waals surface area contributed by atoms with E-state index in [1.54, 1.807) is 0 Å². The minimum absolute atomic E-state index is 0.0877. The zero-order chi connectivity index (χ0) is 21.6. The number of carboxylic acid groups (broad SMARTS) is 1. The van der Waals surface area contributed by atoms with E-state index in [4.69, 9.17) is 5.73 Å². The molecule has 1 aromatic carbocycles. The number of rotatable bonds is 6. The monoisotopic (exact) mass is 424 g/mol. The van der Waals surface area contributed by atoms with Crippen molar-refractivity contribution in [2.24, 2.45) is 29.4 Å². The molecule has 30 heavy (non-hydrogen) atoms. The Morgan fingerprint density at radius 2 is 1.77 bits per heavy atom. The van der Waals surface area contributed by atoms with E-state index < -0.39 is 23.7 Å². The highest BCUT2D eigenvalue weighted by molar-refractivity contribution is 7.17. The number of hydrogen-bond acceptors (Lipinski definition) is 4. The largest absolute Gasteiger partial charge is 0.481 e. The van der Waals surface area contributed by atoms with Crippen molar-refractivity contribution in [3.05, 3.63) is 52.4 Å². The molecule has 1 saturated carbocycles. The number of benzene rings is 1. The lowest BCUT2D eigenvalue weighted by molar-refractivity contribution is -0.146. The summed E-state index contributed by atoms with van der Waals surface area (Å²) in [6.45, 7) is 3.96. The molecule has 0 saturated heterocycles. The zero-order valence-corrected chi connectivity index (χ0v) is 17.7. The van der Waals surface area contributed by atoms with Crippen LogP contribution in [0, 0.1) is 30.6 Å². The zero-order valence-electron chi connectivity index (χ0n) is 16.8. The van der Waals surface area contributed by atoms with E-state index in [-0.39, 0.29) is 23.3 Å². The van der Waals surface area contributed by atoms with E-state index in [1.165, 1.54) is 16.9 Å². The third kappa shape index (κ3) is 3.33. The van der Waals surface area contributed by atoms with Gasteiger partial charge >= 0.3 is 5.97 Å². The topological polar surface area (TPSA) is 109 Å². The Balaban J connectivity index is 1.68. The van der Waals surface area contributed by atoms with Crippen LogP contribution in [0.25, 0.3) is 11.1 Å². The average Bonchev–Trinajstić information content (AvgIpc) is 3.40. The van der Waals surface area contributed by atoms with Crippen molar-refractivity contribution in [1.82, 2.24) is 0 Å². The van der Waals surface area contributed by atoms with Crippen LogP contribution in [-0.4, -0.2) is 22.9 Å². The van der Waals surface area contributed by atoms with Crippen LogP contribution in [-0.2, 0) is 16.0 Å².